The van der Waals surface area contributed by atoms with E-state index in [1.165, 1.54) is 252 Å². The highest BCUT2D eigenvalue weighted by atomic mass is 14.3. The molecule has 0 N–H and O–H groups in total. The molecule has 0 bridgehead atoms. The Balaban J connectivity index is 0.000000115. The average molecular weight is 1670 g/mol. The van der Waals surface area contributed by atoms with E-state index in [0.717, 1.165) is 0 Å². The normalized spacial score (nSPS) is 11.6. The lowest BCUT2D eigenvalue weighted by molar-refractivity contribution is 0.591. The van der Waals surface area contributed by atoms with E-state index in [4.69, 9.17) is 0 Å². The number of hydrogen-bond donors (Lipinski definition) is 0. The molecular weight excluding hydrogens is 1570 g/mol. The quantitative estimate of drug-likeness (QED) is 0.113. The van der Waals surface area contributed by atoms with E-state index >= 15 is 0 Å². The average Bonchev–Trinajstić information content (AvgIpc) is 0.729. The Labute approximate surface area is 767 Å². The molecule has 0 nitrogen and oxygen atoms in total. The molecule has 0 amide bonds. The van der Waals surface area contributed by atoms with Crippen LogP contribution in [0.25, 0.3) is 230 Å². The van der Waals surface area contributed by atoms with Crippen LogP contribution < -0.4 is 0 Å². The fraction of sp³-hybridized carbons (Fsp3) is 0.0534. The zero-order valence-corrected chi connectivity index (χ0v) is 74.5. The van der Waals surface area contributed by atoms with Crippen LogP contribution in [0.2, 0.25) is 0 Å². The molecule has 0 fully saturated rings. The molecule has 620 valence electrons. The first-order valence-electron chi connectivity index (χ1n) is 45.8. The third kappa shape index (κ3) is 15.4. The van der Waals surface area contributed by atoms with Crippen molar-refractivity contribution in [2.45, 2.75) is 47.0 Å². The van der Waals surface area contributed by atoms with Crippen molar-refractivity contribution in [3.05, 3.63) is 495 Å². The molecule has 131 heavy (non-hydrogen) atoms. The van der Waals surface area contributed by atoms with E-state index < -0.39 is 0 Å². The van der Waals surface area contributed by atoms with Crippen LogP contribution in [0.3, 0.4) is 0 Å². The summed E-state index contributed by atoms with van der Waals surface area (Å²) in [6.45, 7) is 13.7. The van der Waals surface area contributed by atoms with Gasteiger partial charge in [-0.15, -0.1) is 0 Å². The van der Waals surface area contributed by atoms with Crippen LogP contribution in [0.15, 0.2) is 473 Å². The molecule has 24 aromatic carbocycles. The van der Waals surface area contributed by atoms with Crippen LogP contribution in [0.1, 0.15) is 43.0 Å². The van der Waals surface area contributed by atoms with Gasteiger partial charge in [0.05, 0.1) is 0 Å². The van der Waals surface area contributed by atoms with E-state index in [0.29, 0.717) is 0 Å². The van der Waals surface area contributed by atoms with Gasteiger partial charge in [0.2, 0.25) is 0 Å². The van der Waals surface area contributed by atoms with Gasteiger partial charge in [-0.05, 0) is 327 Å². The molecule has 0 atom stereocenters. The van der Waals surface area contributed by atoms with Gasteiger partial charge >= 0.3 is 0 Å². The van der Waals surface area contributed by atoms with Crippen molar-refractivity contribution in [1.82, 2.24) is 0 Å². The Bertz CT molecular complexity index is 8510. The standard InChI is InChI=1S/C46H36.C43H32.C42H28/c1-46(2,3)39-25-27-41-43(30-39)44(35-21-18-34(19-22-35)31-12-6-4-7-13-31)40-26-24-37(32-14-8-5-9-15-32)29-42(40)45(41)38-23-20-33-16-10-11-17-36(33)28-38;1-27-21-38-39(22-28(27)2)43(36-20-18-31-12-8-10-16-34(31)25-36)41-26-37(32-13-5-4-6-14-32)29(3)23-40(41)42(38)35-19-17-30-11-7-9-15-33(30)24-35;1-3-11-29(12-4-1)32-19-22-33(23-20-32)41-37-17-9-10-18-38(37)42(36-24-21-31-15-7-8-16-34(31)27-36)40-28-35(25-26-39(40)41)30-13-5-2-6-14-30/h4-30H,1-3H3;4-26H,1-3H3;1-28H. The summed E-state index contributed by atoms with van der Waals surface area (Å²) in [6.07, 6.45) is 0. The van der Waals surface area contributed by atoms with Gasteiger partial charge in [0.25, 0.3) is 0 Å². The first-order chi connectivity index (χ1) is 64.3. The Morgan fingerprint density at radius 1 is 0.130 bits per heavy atom. The summed E-state index contributed by atoms with van der Waals surface area (Å²) in [5.41, 5.74) is 32.9. The van der Waals surface area contributed by atoms with Crippen LogP contribution in [-0.2, 0) is 5.41 Å². The lowest BCUT2D eigenvalue weighted by atomic mass is 9.80. The van der Waals surface area contributed by atoms with Gasteiger partial charge < -0.3 is 0 Å². The third-order valence-electron chi connectivity index (χ3n) is 27.1. The van der Waals surface area contributed by atoms with E-state index in [9.17, 15) is 0 Å². The second-order valence-corrected chi connectivity index (χ2v) is 36.3. The number of fused-ring (bicyclic) bond motifs is 10. The minimum absolute atomic E-state index is 0.0257. The predicted molar refractivity (Wildman–Crippen MR) is 567 cm³/mol. The molecule has 0 saturated heterocycles. The molecule has 0 spiro atoms. The van der Waals surface area contributed by atoms with E-state index in [1.54, 1.807) is 0 Å². The molecule has 0 heteroatoms. The highest BCUT2D eigenvalue weighted by molar-refractivity contribution is 6.26. The smallest absolute Gasteiger partial charge is 0.00258 e. The van der Waals surface area contributed by atoms with Crippen LogP contribution in [-0.4, -0.2) is 0 Å². The molecule has 0 heterocycles. The Hall–Kier alpha value is -16.1. The fourth-order valence-corrected chi connectivity index (χ4v) is 20.2. The first-order valence-corrected chi connectivity index (χ1v) is 45.8. The molecule has 0 aliphatic rings. The first kappa shape index (κ1) is 80.7. The van der Waals surface area contributed by atoms with Gasteiger partial charge in [-0.25, -0.2) is 0 Å². The lowest BCUT2D eigenvalue weighted by Gasteiger charge is -2.23. The number of aryl methyl sites for hydroxylation is 3. The topological polar surface area (TPSA) is 0 Å². The Kier molecular flexibility index (Phi) is 21.1. The second-order valence-electron chi connectivity index (χ2n) is 36.3. The molecule has 0 aliphatic carbocycles. The summed E-state index contributed by atoms with van der Waals surface area (Å²) in [4.78, 5) is 0. The Morgan fingerprint density at radius 3 is 0.702 bits per heavy atom. The maximum atomic E-state index is 2.45. The molecule has 0 aliphatic heterocycles. The van der Waals surface area contributed by atoms with Crippen molar-refractivity contribution in [1.29, 1.82) is 0 Å². The van der Waals surface area contributed by atoms with E-state index in [1.807, 2.05) is 0 Å². The molecule has 24 aromatic rings. The van der Waals surface area contributed by atoms with Gasteiger partial charge in [-0.2, -0.15) is 0 Å². The maximum Gasteiger partial charge on any atom is -0.00258 e. The molecule has 0 aromatic heterocycles. The summed E-state index contributed by atoms with van der Waals surface area (Å²) in [5, 5.41) is 25.5. The van der Waals surface area contributed by atoms with Crippen molar-refractivity contribution < 1.29 is 0 Å². The molecule has 0 radical (unpaired) electrons. The lowest BCUT2D eigenvalue weighted by Crippen LogP contribution is -2.10. The zero-order valence-electron chi connectivity index (χ0n) is 74.5. The summed E-state index contributed by atoms with van der Waals surface area (Å²) in [7, 11) is 0. The number of rotatable bonds is 11. The minimum atomic E-state index is 0.0257. The SMILES string of the molecule is CC(C)(C)c1ccc2c(-c3ccc4ccccc4c3)c3cc(-c4ccccc4)ccc3c(-c3ccc(-c4ccccc4)cc3)c2c1.Cc1cc2c(-c3ccc4ccccc4c3)c3cc(C)c(-c4ccccc4)cc3c(-c3ccc4ccccc4c3)c2cc1C.c1ccc(-c2ccc(-c3c4ccccc4c(-c4ccc5ccccc5c4)c4cc(-c5ccccc5)ccc34)cc2)cc1. The number of benzene rings is 24. The van der Waals surface area contributed by atoms with Crippen molar-refractivity contribution in [3.8, 4) is 122 Å². The van der Waals surface area contributed by atoms with Crippen molar-refractivity contribution in [2.75, 3.05) is 0 Å². The summed E-state index contributed by atoms with van der Waals surface area (Å²) in [5.74, 6) is 0. The van der Waals surface area contributed by atoms with Crippen molar-refractivity contribution >= 4 is 108 Å². The highest BCUT2D eigenvalue weighted by Gasteiger charge is 2.26. The van der Waals surface area contributed by atoms with Crippen LogP contribution in [0.4, 0.5) is 0 Å². The largest absolute Gasteiger partial charge is 0.0622 e. The third-order valence-corrected chi connectivity index (χ3v) is 27.1. The van der Waals surface area contributed by atoms with Gasteiger partial charge in [0.1, 0.15) is 0 Å². The molecular formula is C131H96. The zero-order chi connectivity index (χ0) is 88.2. The van der Waals surface area contributed by atoms with Crippen LogP contribution >= 0.6 is 0 Å². The van der Waals surface area contributed by atoms with Gasteiger partial charge in [-0.3, -0.25) is 0 Å². The summed E-state index contributed by atoms with van der Waals surface area (Å²) >= 11 is 0. The summed E-state index contributed by atoms with van der Waals surface area (Å²) in [6, 6.07) is 174. The van der Waals surface area contributed by atoms with Gasteiger partial charge in [-0.1, -0.05) is 445 Å². The molecule has 24 rings (SSSR count). The minimum Gasteiger partial charge on any atom is -0.0622 e. The monoisotopic (exact) mass is 1670 g/mol. The van der Waals surface area contributed by atoms with Crippen LogP contribution in [0, 0.1) is 20.8 Å². The van der Waals surface area contributed by atoms with Crippen molar-refractivity contribution in [2.24, 2.45) is 0 Å². The highest BCUT2D eigenvalue weighted by Crippen LogP contribution is 2.52. The van der Waals surface area contributed by atoms with E-state index in [2.05, 4.69) is 515 Å². The van der Waals surface area contributed by atoms with E-state index in [-0.39, 0.29) is 5.41 Å². The molecule has 0 saturated carbocycles. The summed E-state index contributed by atoms with van der Waals surface area (Å²) < 4.78 is 0. The van der Waals surface area contributed by atoms with Crippen molar-refractivity contribution in [3.63, 3.8) is 0 Å². The van der Waals surface area contributed by atoms with Gasteiger partial charge in [0.15, 0.2) is 0 Å². The predicted octanol–water partition coefficient (Wildman–Crippen LogP) is 37.2. The van der Waals surface area contributed by atoms with Crippen LogP contribution in [0.5, 0.6) is 0 Å². The molecule has 0 unspecified atom stereocenters. The number of hydrogen-bond acceptors (Lipinski definition) is 0. The maximum absolute atomic E-state index is 2.45. The second kappa shape index (κ2) is 34.2. The Morgan fingerprint density at radius 2 is 0.351 bits per heavy atom. The fourth-order valence-electron chi connectivity index (χ4n) is 20.2. The van der Waals surface area contributed by atoms with Gasteiger partial charge in [0, 0.05) is 0 Å².